The molecule has 0 aliphatic rings. The van der Waals surface area contributed by atoms with E-state index in [9.17, 15) is 5.26 Å². The molecule has 0 fully saturated rings. The van der Waals surface area contributed by atoms with Gasteiger partial charge in [-0.1, -0.05) is 44.7 Å². The summed E-state index contributed by atoms with van der Waals surface area (Å²) in [5.41, 5.74) is 6.93. The van der Waals surface area contributed by atoms with Crippen LogP contribution in [0.2, 0.25) is 0 Å². The van der Waals surface area contributed by atoms with Gasteiger partial charge in [0.25, 0.3) is 0 Å². The van der Waals surface area contributed by atoms with E-state index in [4.69, 9.17) is 10.5 Å². The van der Waals surface area contributed by atoms with E-state index in [1.807, 2.05) is 24.3 Å². The molecule has 0 aliphatic heterocycles. The van der Waals surface area contributed by atoms with Crippen molar-refractivity contribution in [2.75, 3.05) is 31.3 Å². The highest BCUT2D eigenvalue weighted by Gasteiger charge is 2.10. The molecule has 2 aromatic rings. The summed E-state index contributed by atoms with van der Waals surface area (Å²) in [6.45, 7) is 2.93. The monoisotopic (exact) mass is 380 g/mol. The Hall–Kier alpha value is -3.14. The maximum absolute atomic E-state index is 9.52. The normalized spacial score (nSPS) is 11.1. The van der Waals surface area contributed by atoms with E-state index < -0.39 is 0 Å². The van der Waals surface area contributed by atoms with Gasteiger partial charge in [-0.05, 0) is 30.2 Å². The Morgan fingerprint density at radius 2 is 1.82 bits per heavy atom. The molecule has 7 heteroatoms. The molecular weight excluding hydrogens is 352 g/mol. The molecule has 0 bridgehead atoms. The van der Waals surface area contributed by atoms with Crippen molar-refractivity contribution in [2.24, 2.45) is 0 Å². The van der Waals surface area contributed by atoms with Gasteiger partial charge in [-0.3, -0.25) is 0 Å². The number of hydrogen-bond donors (Lipinski definition) is 1. The van der Waals surface area contributed by atoms with Gasteiger partial charge in [0.05, 0.1) is 12.2 Å². The minimum atomic E-state index is 0.0811. The number of anilines is 2. The van der Waals surface area contributed by atoms with Crippen LogP contribution < -0.4 is 15.4 Å². The molecule has 0 saturated carbocycles. The molecule has 7 nitrogen and oxygen atoms in total. The first-order valence-electron chi connectivity index (χ1n) is 9.57. The molecule has 0 spiro atoms. The smallest absolute Gasteiger partial charge is 0.230 e. The lowest BCUT2D eigenvalue weighted by molar-refractivity contribution is 0.304. The van der Waals surface area contributed by atoms with Crippen LogP contribution in [0.25, 0.3) is 11.6 Å². The van der Waals surface area contributed by atoms with Crippen molar-refractivity contribution < 1.29 is 4.74 Å². The summed E-state index contributed by atoms with van der Waals surface area (Å²) >= 11 is 0. The van der Waals surface area contributed by atoms with Crippen LogP contribution in [0.3, 0.4) is 0 Å². The Labute approximate surface area is 166 Å². The van der Waals surface area contributed by atoms with E-state index in [0.717, 1.165) is 24.3 Å². The van der Waals surface area contributed by atoms with Crippen molar-refractivity contribution in [3.8, 4) is 11.8 Å². The number of hydrogen-bond acceptors (Lipinski definition) is 7. The van der Waals surface area contributed by atoms with Gasteiger partial charge < -0.3 is 15.4 Å². The Balaban J connectivity index is 2.04. The van der Waals surface area contributed by atoms with E-state index in [1.54, 1.807) is 25.1 Å². The number of nitriles is 1. The average Bonchev–Trinajstić information content (AvgIpc) is 2.69. The number of allylic oxidation sites excluding steroid dienone is 1. The summed E-state index contributed by atoms with van der Waals surface area (Å²) in [5, 5.41) is 9.52. The average molecular weight is 380 g/mol. The summed E-state index contributed by atoms with van der Waals surface area (Å²) < 4.78 is 5.77. The standard InChI is InChI=1S/C21H28N6O/c1-4-5-6-7-8-13-28-18-11-9-16(10-12-18)14-17(15-22)19-24-20(23)26-21(25-19)27(2)3/h9-12,14H,4-8,13H2,1-3H3,(H2,23,24,25,26)/b17-14+. The van der Waals surface area contributed by atoms with E-state index in [1.165, 1.54) is 25.7 Å². The molecular formula is C21H28N6O. The van der Waals surface area contributed by atoms with E-state index in [-0.39, 0.29) is 11.8 Å². The van der Waals surface area contributed by atoms with Gasteiger partial charge in [-0.15, -0.1) is 0 Å². The third kappa shape index (κ3) is 6.54. The molecule has 1 heterocycles. The van der Waals surface area contributed by atoms with Gasteiger partial charge >= 0.3 is 0 Å². The van der Waals surface area contributed by atoms with Crippen molar-refractivity contribution in [3.05, 3.63) is 35.7 Å². The lowest BCUT2D eigenvalue weighted by Crippen LogP contribution is -2.15. The first-order chi connectivity index (χ1) is 13.5. The second kappa shape index (κ2) is 10.9. The predicted molar refractivity (Wildman–Crippen MR) is 113 cm³/mol. The van der Waals surface area contributed by atoms with E-state index >= 15 is 0 Å². The fourth-order valence-electron chi connectivity index (χ4n) is 2.57. The molecule has 2 N–H and O–H groups in total. The van der Waals surface area contributed by atoms with Crippen LogP contribution in [0.4, 0.5) is 11.9 Å². The second-order valence-corrected chi connectivity index (χ2v) is 6.71. The summed E-state index contributed by atoms with van der Waals surface area (Å²) in [7, 11) is 3.60. The van der Waals surface area contributed by atoms with Crippen LogP contribution in [0.15, 0.2) is 24.3 Å². The van der Waals surface area contributed by atoms with Crippen LogP contribution in [0, 0.1) is 11.3 Å². The number of nitrogens with zero attached hydrogens (tertiary/aromatic N) is 5. The molecule has 0 saturated heterocycles. The van der Waals surface area contributed by atoms with Gasteiger partial charge in [0.2, 0.25) is 11.9 Å². The first kappa shape index (κ1) is 21.2. The molecule has 0 atom stereocenters. The summed E-state index contributed by atoms with van der Waals surface area (Å²) in [5.74, 6) is 1.57. The second-order valence-electron chi connectivity index (χ2n) is 6.71. The summed E-state index contributed by atoms with van der Waals surface area (Å²) in [6.07, 6.45) is 7.78. The summed E-state index contributed by atoms with van der Waals surface area (Å²) in [4.78, 5) is 14.1. The minimum Gasteiger partial charge on any atom is -0.494 e. The number of nitrogens with two attached hydrogens (primary N) is 1. The third-order valence-corrected chi connectivity index (χ3v) is 4.11. The fraction of sp³-hybridized carbons (Fsp3) is 0.429. The van der Waals surface area contributed by atoms with E-state index in [2.05, 4.69) is 27.9 Å². The zero-order chi connectivity index (χ0) is 20.4. The number of aromatic nitrogens is 3. The largest absolute Gasteiger partial charge is 0.494 e. The van der Waals surface area contributed by atoms with Crippen molar-refractivity contribution in [1.29, 1.82) is 5.26 Å². The number of rotatable bonds is 10. The Morgan fingerprint density at radius 3 is 2.46 bits per heavy atom. The van der Waals surface area contributed by atoms with Crippen molar-refractivity contribution in [1.82, 2.24) is 15.0 Å². The number of nitrogen functional groups attached to an aromatic ring is 1. The fourth-order valence-corrected chi connectivity index (χ4v) is 2.57. The molecule has 0 radical (unpaired) electrons. The number of unbranched alkanes of at least 4 members (excludes halogenated alkanes) is 4. The van der Waals surface area contributed by atoms with Gasteiger partial charge in [0.15, 0.2) is 5.82 Å². The van der Waals surface area contributed by atoms with Crippen LogP contribution in [0.5, 0.6) is 5.75 Å². The molecule has 0 amide bonds. The quantitative estimate of drug-likeness (QED) is 0.492. The number of benzene rings is 1. The highest BCUT2D eigenvalue weighted by Crippen LogP contribution is 2.19. The lowest BCUT2D eigenvalue weighted by atomic mass is 10.1. The molecule has 1 aromatic heterocycles. The Kier molecular flexibility index (Phi) is 8.22. The molecule has 0 unspecified atom stereocenters. The lowest BCUT2D eigenvalue weighted by Gasteiger charge is -2.11. The molecule has 1 aromatic carbocycles. The molecule has 2 rings (SSSR count). The molecule has 0 aliphatic carbocycles. The van der Waals surface area contributed by atoms with Crippen LogP contribution in [-0.2, 0) is 0 Å². The Bertz CT molecular complexity index is 824. The van der Waals surface area contributed by atoms with Crippen molar-refractivity contribution >= 4 is 23.5 Å². The van der Waals surface area contributed by atoms with Crippen molar-refractivity contribution in [3.63, 3.8) is 0 Å². The molecule has 148 valence electrons. The molecule has 28 heavy (non-hydrogen) atoms. The highest BCUT2D eigenvalue weighted by atomic mass is 16.5. The summed E-state index contributed by atoms with van der Waals surface area (Å²) in [6, 6.07) is 9.75. The maximum atomic E-state index is 9.52. The zero-order valence-electron chi connectivity index (χ0n) is 16.9. The van der Waals surface area contributed by atoms with Crippen LogP contribution in [0.1, 0.15) is 50.4 Å². The van der Waals surface area contributed by atoms with Crippen LogP contribution >= 0.6 is 0 Å². The van der Waals surface area contributed by atoms with Gasteiger partial charge in [-0.25, -0.2) is 0 Å². The Morgan fingerprint density at radius 1 is 1.11 bits per heavy atom. The topological polar surface area (TPSA) is 101 Å². The van der Waals surface area contributed by atoms with Crippen molar-refractivity contribution in [2.45, 2.75) is 39.0 Å². The highest BCUT2D eigenvalue weighted by molar-refractivity contribution is 5.87. The van der Waals surface area contributed by atoms with Gasteiger partial charge in [0, 0.05) is 14.1 Å². The SMILES string of the molecule is CCCCCCCOc1ccc(/C=C(\C#N)c2nc(N)nc(N(C)C)n2)cc1. The number of ether oxygens (including phenoxy) is 1. The van der Waals surface area contributed by atoms with Crippen LogP contribution in [-0.4, -0.2) is 35.7 Å². The minimum absolute atomic E-state index is 0.0811. The predicted octanol–water partition coefficient (Wildman–Crippen LogP) is 3.93. The van der Waals surface area contributed by atoms with Gasteiger partial charge in [0.1, 0.15) is 11.8 Å². The third-order valence-electron chi connectivity index (χ3n) is 4.11. The zero-order valence-corrected chi connectivity index (χ0v) is 16.9. The maximum Gasteiger partial charge on any atom is 0.230 e. The van der Waals surface area contributed by atoms with E-state index in [0.29, 0.717) is 11.5 Å². The first-order valence-corrected chi connectivity index (χ1v) is 9.57. The van der Waals surface area contributed by atoms with Gasteiger partial charge in [-0.2, -0.15) is 20.2 Å².